The number of nitrogens with zero attached hydrogens (tertiary/aromatic N) is 1. The van der Waals surface area contributed by atoms with Crippen LogP contribution in [0.3, 0.4) is 0 Å². The van der Waals surface area contributed by atoms with Crippen molar-refractivity contribution in [1.82, 2.24) is 4.98 Å². The van der Waals surface area contributed by atoms with Crippen LogP contribution in [0.2, 0.25) is 5.02 Å². The molecule has 1 heterocycles. The number of ketones is 1. The summed E-state index contributed by atoms with van der Waals surface area (Å²) in [5, 5.41) is -0.985. The van der Waals surface area contributed by atoms with Crippen molar-refractivity contribution in [2.24, 2.45) is 0 Å². The zero-order valence-electron chi connectivity index (χ0n) is 11.8. The maximum Gasteiger partial charge on any atom is 1.00 e. The molecule has 0 saturated carbocycles. The van der Waals surface area contributed by atoms with E-state index in [0.29, 0.717) is 10.6 Å². The van der Waals surface area contributed by atoms with Crippen molar-refractivity contribution in [3.63, 3.8) is 0 Å². The number of carbonyl (C=O) groups excluding carboxylic acids is 1. The Morgan fingerprint density at radius 3 is 2.36 bits per heavy atom. The molecule has 0 bridgehead atoms. The Labute approximate surface area is 155 Å². The molecule has 1 aromatic heterocycles. The van der Waals surface area contributed by atoms with Gasteiger partial charge in [0.25, 0.3) is 0 Å². The Balaban J connectivity index is 0.00000242. The topological polar surface area (TPSA) is 87.2 Å². The molecular formula is C14H11ClNNaO4S. The minimum atomic E-state index is -4.67. The van der Waals surface area contributed by atoms with Gasteiger partial charge in [0, 0.05) is 29.4 Å². The van der Waals surface area contributed by atoms with E-state index in [1.165, 1.54) is 48.8 Å². The van der Waals surface area contributed by atoms with Gasteiger partial charge in [-0.2, -0.15) is 0 Å². The average Bonchev–Trinajstić information content (AvgIpc) is 2.45. The summed E-state index contributed by atoms with van der Waals surface area (Å²) in [7, 11) is -4.67. The predicted octanol–water partition coefficient (Wildman–Crippen LogP) is -0.402. The summed E-state index contributed by atoms with van der Waals surface area (Å²) in [5.74, 6) is -0.444. The normalized spacial score (nSPS) is 12.3. The van der Waals surface area contributed by atoms with Crippen molar-refractivity contribution in [2.75, 3.05) is 0 Å². The number of carbonyl (C=O) groups is 1. The molecule has 0 aliphatic heterocycles. The molecule has 0 amide bonds. The van der Waals surface area contributed by atoms with E-state index < -0.39 is 27.6 Å². The van der Waals surface area contributed by atoms with E-state index in [1.807, 2.05) is 0 Å². The van der Waals surface area contributed by atoms with Crippen LogP contribution >= 0.6 is 11.6 Å². The van der Waals surface area contributed by atoms with E-state index in [9.17, 15) is 17.8 Å². The number of Topliss-reactive ketones (excluding diaryl/α,β-unsaturated/α-hetero) is 1. The molecule has 0 N–H and O–H groups in total. The van der Waals surface area contributed by atoms with Gasteiger partial charge in [0.2, 0.25) is 0 Å². The monoisotopic (exact) mass is 347 g/mol. The van der Waals surface area contributed by atoms with Crippen LogP contribution < -0.4 is 29.6 Å². The number of rotatable bonds is 5. The Morgan fingerprint density at radius 1 is 1.23 bits per heavy atom. The van der Waals surface area contributed by atoms with E-state index in [-0.39, 0.29) is 35.1 Å². The second-order valence-electron chi connectivity index (χ2n) is 4.40. The van der Waals surface area contributed by atoms with Gasteiger partial charge in [-0.1, -0.05) is 17.7 Å². The van der Waals surface area contributed by atoms with Gasteiger partial charge >= 0.3 is 29.6 Å². The summed E-state index contributed by atoms with van der Waals surface area (Å²) >= 11 is 5.73. The Hall–Kier alpha value is -0.760. The summed E-state index contributed by atoms with van der Waals surface area (Å²) in [6.45, 7) is 0. The van der Waals surface area contributed by atoms with Crippen molar-refractivity contribution >= 4 is 27.5 Å². The molecule has 0 aliphatic carbocycles. The van der Waals surface area contributed by atoms with E-state index in [4.69, 9.17) is 11.6 Å². The van der Waals surface area contributed by atoms with Crippen LogP contribution in [0.15, 0.2) is 48.8 Å². The van der Waals surface area contributed by atoms with Crippen molar-refractivity contribution in [2.45, 2.75) is 11.7 Å². The van der Waals surface area contributed by atoms with Gasteiger partial charge < -0.3 is 4.55 Å². The van der Waals surface area contributed by atoms with Crippen LogP contribution in [-0.2, 0) is 10.1 Å². The molecule has 0 aliphatic rings. The second-order valence-corrected chi connectivity index (χ2v) is 6.39. The second kappa shape index (κ2) is 8.19. The molecule has 0 saturated heterocycles. The smallest absolute Gasteiger partial charge is 0.747 e. The van der Waals surface area contributed by atoms with Gasteiger partial charge in [0.05, 0.1) is 5.25 Å². The molecule has 8 heteroatoms. The van der Waals surface area contributed by atoms with Gasteiger partial charge in [-0.05, 0) is 35.9 Å². The molecule has 22 heavy (non-hydrogen) atoms. The first-order valence-corrected chi connectivity index (χ1v) is 7.86. The molecular weight excluding hydrogens is 337 g/mol. The van der Waals surface area contributed by atoms with Crippen molar-refractivity contribution in [3.8, 4) is 0 Å². The fourth-order valence-corrected chi connectivity index (χ4v) is 2.83. The summed E-state index contributed by atoms with van der Waals surface area (Å²) < 4.78 is 34.2. The molecule has 0 spiro atoms. The summed E-state index contributed by atoms with van der Waals surface area (Å²) in [6, 6.07) is 9.01. The Morgan fingerprint density at radius 2 is 1.86 bits per heavy atom. The standard InChI is InChI=1S/C14H12ClNO4S.Na/c15-12-5-3-10(4-6-12)13(17)8-14(21(18,19)20)11-2-1-7-16-9-11;/h1-7,9,14H,8H2,(H,18,19,20);/q;+1/p-1. The van der Waals surface area contributed by atoms with Gasteiger partial charge in [-0.3, -0.25) is 9.78 Å². The van der Waals surface area contributed by atoms with Crippen molar-refractivity contribution < 1.29 is 47.3 Å². The van der Waals surface area contributed by atoms with Crippen molar-refractivity contribution in [3.05, 3.63) is 64.9 Å². The maximum atomic E-state index is 12.1. The van der Waals surface area contributed by atoms with Crippen LogP contribution in [0.5, 0.6) is 0 Å². The van der Waals surface area contributed by atoms with Gasteiger partial charge in [0.1, 0.15) is 10.1 Å². The first-order chi connectivity index (χ1) is 9.88. The van der Waals surface area contributed by atoms with Crippen LogP contribution in [0, 0.1) is 0 Å². The number of pyridine rings is 1. The summed E-state index contributed by atoms with van der Waals surface area (Å²) in [5.41, 5.74) is 0.506. The number of hydrogen-bond acceptors (Lipinski definition) is 5. The first-order valence-electron chi connectivity index (χ1n) is 6.01. The van der Waals surface area contributed by atoms with Gasteiger partial charge in [-0.15, -0.1) is 0 Å². The third-order valence-electron chi connectivity index (χ3n) is 2.94. The number of aromatic nitrogens is 1. The van der Waals surface area contributed by atoms with E-state index in [1.54, 1.807) is 0 Å². The van der Waals surface area contributed by atoms with E-state index >= 15 is 0 Å². The Bertz CT molecular complexity index is 735. The number of halogens is 1. The SMILES string of the molecule is O=C(CC(c1cccnc1)S(=O)(=O)[O-])c1ccc(Cl)cc1.[Na+]. The molecule has 1 unspecified atom stereocenters. The average molecular weight is 348 g/mol. The van der Waals surface area contributed by atoms with Gasteiger partial charge in [-0.25, -0.2) is 8.42 Å². The van der Waals surface area contributed by atoms with E-state index in [0.717, 1.165) is 0 Å². The first kappa shape index (κ1) is 19.3. The molecule has 1 atom stereocenters. The molecule has 5 nitrogen and oxygen atoms in total. The number of hydrogen-bond donors (Lipinski definition) is 0. The van der Waals surface area contributed by atoms with Crippen LogP contribution in [0.4, 0.5) is 0 Å². The van der Waals surface area contributed by atoms with Gasteiger partial charge in [0.15, 0.2) is 5.78 Å². The summed E-state index contributed by atoms with van der Waals surface area (Å²) in [4.78, 5) is 15.9. The third kappa shape index (κ3) is 5.15. The Kier molecular flexibility index (Phi) is 7.18. The fourth-order valence-electron chi connectivity index (χ4n) is 1.88. The molecule has 2 aromatic rings. The van der Waals surface area contributed by atoms with E-state index in [2.05, 4.69) is 4.98 Å². The van der Waals surface area contributed by atoms with Crippen LogP contribution in [0.1, 0.15) is 27.6 Å². The van der Waals surface area contributed by atoms with Crippen LogP contribution in [-0.4, -0.2) is 23.7 Å². The van der Waals surface area contributed by atoms with Crippen molar-refractivity contribution in [1.29, 1.82) is 0 Å². The fraction of sp³-hybridized carbons (Fsp3) is 0.143. The zero-order valence-corrected chi connectivity index (χ0v) is 15.3. The largest absolute Gasteiger partial charge is 1.00 e. The molecule has 1 aromatic carbocycles. The molecule has 2 rings (SSSR count). The quantitative estimate of drug-likeness (QED) is 0.417. The minimum Gasteiger partial charge on any atom is -0.747 e. The summed E-state index contributed by atoms with van der Waals surface area (Å²) in [6.07, 6.45) is 2.30. The molecule has 0 radical (unpaired) electrons. The van der Waals surface area contributed by atoms with Crippen LogP contribution in [0.25, 0.3) is 0 Å². The predicted molar refractivity (Wildman–Crippen MR) is 77.1 cm³/mol. The third-order valence-corrected chi connectivity index (χ3v) is 4.33. The molecule has 0 fully saturated rings. The zero-order chi connectivity index (χ0) is 15.5. The maximum absolute atomic E-state index is 12.1. The molecule has 110 valence electrons. The minimum absolute atomic E-state index is 0. The number of benzene rings is 1.